The van der Waals surface area contributed by atoms with Gasteiger partial charge in [0.05, 0.1) is 5.58 Å². The molecule has 0 unspecified atom stereocenters. The standard InChI is InChI=1S/C49H41N3O2.Pt/c1-48(2,3)29-31-16-20-41(51-30-31)39-26-36(28-45-47(39)40-24-33(17-21-44(40)54-45)32-12-8-7-9-13-32)53-35-18-19-38-37-14-10-11-15-42(37)52(43(38)27-35)46-25-34(22-23-50-46)49(4,5)6;/h7-25,28,30H,29H2,1-6H3;/q-2;+2. The average Bonchev–Trinajstić information content (AvgIpc) is 3.69. The van der Waals surface area contributed by atoms with Crippen molar-refractivity contribution < 1.29 is 30.2 Å². The molecule has 0 aliphatic heterocycles. The molecule has 0 N–H and O–H groups in total. The molecule has 4 heterocycles. The Kier molecular flexibility index (Phi) is 9.26. The maximum atomic E-state index is 6.67. The molecule has 5 nitrogen and oxygen atoms in total. The van der Waals surface area contributed by atoms with Gasteiger partial charge < -0.3 is 18.7 Å². The van der Waals surface area contributed by atoms with Gasteiger partial charge in [0.15, 0.2) is 0 Å². The maximum Gasteiger partial charge on any atom is 2.00 e. The van der Waals surface area contributed by atoms with E-state index < -0.39 is 0 Å². The fourth-order valence-electron chi connectivity index (χ4n) is 7.46. The molecule has 0 spiro atoms. The summed E-state index contributed by atoms with van der Waals surface area (Å²) >= 11 is 0. The van der Waals surface area contributed by atoms with Gasteiger partial charge in [0.2, 0.25) is 0 Å². The van der Waals surface area contributed by atoms with Crippen molar-refractivity contribution in [2.75, 3.05) is 0 Å². The minimum atomic E-state index is -0.0256. The van der Waals surface area contributed by atoms with Crippen molar-refractivity contribution in [3.8, 4) is 39.7 Å². The Morgan fingerprint density at radius 2 is 1.47 bits per heavy atom. The third-order valence-corrected chi connectivity index (χ3v) is 10.0. The van der Waals surface area contributed by atoms with E-state index in [0.717, 1.165) is 72.8 Å². The first-order valence-electron chi connectivity index (χ1n) is 18.5. The van der Waals surface area contributed by atoms with E-state index in [1.54, 1.807) is 0 Å². The zero-order valence-corrected chi connectivity index (χ0v) is 34.1. The van der Waals surface area contributed by atoms with E-state index in [2.05, 4.69) is 149 Å². The largest absolute Gasteiger partial charge is 2.00 e. The van der Waals surface area contributed by atoms with Crippen LogP contribution in [0.25, 0.3) is 71.9 Å². The van der Waals surface area contributed by atoms with Gasteiger partial charge in [-0.25, -0.2) is 4.98 Å². The van der Waals surface area contributed by atoms with Crippen LogP contribution >= 0.6 is 0 Å². The number of nitrogens with zero attached hydrogens (tertiary/aromatic N) is 3. The second-order valence-electron chi connectivity index (χ2n) is 16.4. The molecule has 0 saturated carbocycles. The van der Waals surface area contributed by atoms with Gasteiger partial charge in [-0.1, -0.05) is 137 Å². The van der Waals surface area contributed by atoms with Crippen LogP contribution in [0.3, 0.4) is 0 Å². The van der Waals surface area contributed by atoms with Crippen molar-refractivity contribution in [1.29, 1.82) is 0 Å². The quantitative estimate of drug-likeness (QED) is 0.156. The predicted octanol–water partition coefficient (Wildman–Crippen LogP) is 13.1. The zero-order chi connectivity index (χ0) is 37.2. The van der Waals surface area contributed by atoms with Crippen LogP contribution in [-0.4, -0.2) is 14.5 Å². The molecule has 274 valence electrons. The van der Waals surface area contributed by atoms with Gasteiger partial charge in [-0.15, -0.1) is 23.1 Å². The van der Waals surface area contributed by atoms with Crippen LogP contribution in [-0.2, 0) is 32.9 Å². The number of hydrogen-bond donors (Lipinski definition) is 0. The molecule has 0 radical (unpaired) electrons. The summed E-state index contributed by atoms with van der Waals surface area (Å²) in [6.45, 7) is 13.4. The van der Waals surface area contributed by atoms with Gasteiger partial charge in [-0.2, -0.15) is 6.07 Å². The van der Waals surface area contributed by atoms with Crippen molar-refractivity contribution in [1.82, 2.24) is 14.5 Å². The second-order valence-corrected chi connectivity index (χ2v) is 16.4. The van der Waals surface area contributed by atoms with Crippen LogP contribution in [0.5, 0.6) is 11.5 Å². The molecule has 0 aliphatic carbocycles. The Morgan fingerprint density at radius 3 is 2.24 bits per heavy atom. The van der Waals surface area contributed by atoms with E-state index in [4.69, 9.17) is 19.1 Å². The van der Waals surface area contributed by atoms with Crippen molar-refractivity contribution in [2.45, 2.75) is 53.4 Å². The van der Waals surface area contributed by atoms with Gasteiger partial charge in [0.1, 0.15) is 11.4 Å². The van der Waals surface area contributed by atoms with Crippen LogP contribution in [0.1, 0.15) is 52.7 Å². The zero-order valence-electron chi connectivity index (χ0n) is 31.8. The Morgan fingerprint density at radius 1 is 0.673 bits per heavy atom. The van der Waals surface area contributed by atoms with Crippen LogP contribution in [0.4, 0.5) is 0 Å². The SMILES string of the molecule is CC(C)(C)Cc1ccc(-c2[c-]c(Oc3[c-]c4c(cc3)c3ccccc3n4-c3cc(C(C)(C)C)ccn3)cc3oc4ccc(-c5ccccc5)cc4c23)nc1.[Pt+2]. The number of ether oxygens (including phenoxy) is 1. The summed E-state index contributed by atoms with van der Waals surface area (Å²) in [4.78, 5) is 9.82. The Hall–Kier alpha value is -5.51. The van der Waals surface area contributed by atoms with Gasteiger partial charge in [-0.05, 0) is 80.2 Å². The van der Waals surface area contributed by atoms with Crippen LogP contribution in [0, 0.1) is 17.5 Å². The molecular formula is C49H41N3O2Pt. The van der Waals surface area contributed by atoms with Crippen LogP contribution in [0.2, 0.25) is 0 Å². The first-order valence-corrected chi connectivity index (χ1v) is 18.5. The fourth-order valence-corrected chi connectivity index (χ4v) is 7.46. The number of furan rings is 1. The molecule has 6 heteroatoms. The molecule has 0 fully saturated rings. The Labute approximate surface area is 336 Å². The monoisotopic (exact) mass is 898 g/mol. The first kappa shape index (κ1) is 36.5. The number of benzene rings is 5. The van der Waals surface area contributed by atoms with Gasteiger partial charge in [0, 0.05) is 29.4 Å². The first-order chi connectivity index (χ1) is 26.0. The number of hydrogen-bond acceptors (Lipinski definition) is 4. The molecule has 0 amide bonds. The van der Waals surface area contributed by atoms with E-state index in [-0.39, 0.29) is 31.9 Å². The van der Waals surface area contributed by atoms with Crippen molar-refractivity contribution in [3.05, 3.63) is 151 Å². The number of aromatic nitrogens is 3. The van der Waals surface area contributed by atoms with Crippen molar-refractivity contribution in [3.63, 3.8) is 0 Å². The maximum absolute atomic E-state index is 6.67. The van der Waals surface area contributed by atoms with Crippen molar-refractivity contribution in [2.24, 2.45) is 5.41 Å². The van der Waals surface area contributed by atoms with Gasteiger partial charge in [-0.3, -0.25) is 0 Å². The normalized spacial score (nSPS) is 12.1. The summed E-state index contributed by atoms with van der Waals surface area (Å²) in [7, 11) is 0. The molecule has 4 aromatic heterocycles. The molecule has 5 aromatic carbocycles. The van der Waals surface area contributed by atoms with E-state index in [1.165, 1.54) is 11.1 Å². The summed E-state index contributed by atoms with van der Waals surface area (Å²) in [5, 5.41) is 4.17. The molecule has 55 heavy (non-hydrogen) atoms. The minimum absolute atomic E-state index is 0. The fraction of sp³-hybridized carbons (Fsp3) is 0.184. The third-order valence-electron chi connectivity index (χ3n) is 10.0. The number of fused-ring (bicyclic) bond motifs is 6. The molecule has 0 saturated heterocycles. The summed E-state index contributed by atoms with van der Waals surface area (Å²) in [6, 6.07) is 46.9. The third kappa shape index (κ3) is 6.98. The van der Waals surface area contributed by atoms with Crippen LogP contribution < -0.4 is 4.74 Å². The van der Waals surface area contributed by atoms with E-state index >= 15 is 0 Å². The van der Waals surface area contributed by atoms with E-state index in [1.807, 2.05) is 36.7 Å². The van der Waals surface area contributed by atoms with E-state index in [0.29, 0.717) is 17.1 Å². The molecule has 0 aliphatic rings. The van der Waals surface area contributed by atoms with Crippen molar-refractivity contribution >= 4 is 43.7 Å². The predicted molar refractivity (Wildman–Crippen MR) is 221 cm³/mol. The molecule has 0 bridgehead atoms. The molecular weight excluding hydrogens is 858 g/mol. The Bertz CT molecular complexity index is 2840. The van der Waals surface area contributed by atoms with Crippen LogP contribution in [0.15, 0.2) is 132 Å². The summed E-state index contributed by atoms with van der Waals surface area (Å²) < 4.78 is 15.4. The summed E-state index contributed by atoms with van der Waals surface area (Å²) in [6.07, 6.45) is 4.81. The molecule has 0 atom stereocenters. The number of pyridine rings is 2. The van der Waals surface area contributed by atoms with Gasteiger partial charge >= 0.3 is 21.1 Å². The number of para-hydroxylation sites is 1. The Balaban J connectivity index is 0.00000427. The second kappa shape index (κ2) is 14.0. The topological polar surface area (TPSA) is 53.1 Å². The average molecular weight is 899 g/mol. The van der Waals surface area contributed by atoms with Gasteiger partial charge in [0.25, 0.3) is 0 Å². The number of rotatable bonds is 6. The summed E-state index contributed by atoms with van der Waals surface area (Å²) in [5.74, 6) is 1.93. The smallest absolute Gasteiger partial charge is 0.503 e. The molecule has 9 rings (SSSR count). The minimum Gasteiger partial charge on any atom is -0.503 e. The van der Waals surface area contributed by atoms with E-state index in [9.17, 15) is 0 Å². The summed E-state index contributed by atoms with van der Waals surface area (Å²) in [5.41, 5.74) is 9.88. The molecule has 9 aromatic rings.